The highest BCUT2D eigenvalue weighted by molar-refractivity contribution is 6.75. The number of rotatable bonds is 2. The summed E-state index contributed by atoms with van der Waals surface area (Å²) in [5.41, 5.74) is 0. The SMILES string of the molecule is ClC(Cl)[SiH2]c1cc[c]cc1. The molecule has 1 aromatic rings. The molecule has 0 N–H and O–H groups in total. The second kappa shape index (κ2) is 4.01. The van der Waals surface area contributed by atoms with Gasteiger partial charge < -0.3 is 0 Å². The Morgan fingerprint density at radius 3 is 2.40 bits per heavy atom. The molecule has 0 aromatic heterocycles. The van der Waals surface area contributed by atoms with E-state index in [4.69, 9.17) is 23.2 Å². The van der Waals surface area contributed by atoms with E-state index in [-0.39, 0.29) is 4.46 Å². The molecule has 0 amide bonds. The van der Waals surface area contributed by atoms with Gasteiger partial charge in [-0.15, -0.1) is 23.2 Å². The fraction of sp³-hybridized carbons (Fsp3) is 0.143. The van der Waals surface area contributed by atoms with Gasteiger partial charge in [-0.3, -0.25) is 0 Å². The monoisotopic (exact) mass is 189 g/mol. The minimum absolute atomic E-state index is 0.164. The van der Waals surface area contributed by atoms with Crippen LogP contribution in [0.4, 0.5) is 0 Å². The molecule has 0 bridgehead atoms. The normalized spacial score (nSPS) is 11.5. The van der Waals surface area contributed by atoms with Crippen molar-refractivity contribution >= 4 is 37.9 Å². The maximum Gasteiger partial charge on any atom is 0.0957 e. The topological polar surface area (TPSA) is 0 Å². The Kier molecular flexibility index (Phi) is 3.26. The lowest BCUT2D eigenvalue weighted by molar-refractivity contribution is 1.73. The molecule has 0 unspecified atom stereocenters. The van der Waals surface area contributed by atoms with Crippen LogP contribution in [-0.2, 0) is 0 Å². The van der Waals surface area contributed by atoms with Crippen LogP contribution in [0.2, 0.25) is 0 Å². The van der Waals surface area contributed by atoms with E-state index in [0.717, 1.165) is 0 Å². The predicted octanol–water partition coefficient (Wildman–Crippen LogP) is 1.04. The molecule has 0 aliphatic rings. The molecular weight excluding hydrogens is 183 g/mol. The van der Waals surface area contributed by atoms with Crippen LogP contribution in [0.5, 0.6) is 0 Å². The Bertz CT molecular complexity index is 186. The van der Waals surface area contributed by atoms with Crippen LogP contribution in [0, 0.1) is 6.07 Å². The fourth-order valence-electron chi connectivity index (χ4n) is 0.736. The lowest BCUT2D eigenvalue weighted by Crippen LogP contribution is -2.19. The molecule has 0 aliphatic carbocycles. The predicted molar refractivity (Wildman–Crippen MR) is 49.0 cm³/mol. The summed E-state index contributed by atoms with van der Waals surface area (Å²) in [5, 5.41) is 1.29. The van der Waals surface area contributed by atoms with E-state index in [1.807, 2.05) is 24.3 Å². The molecule has 1 rings (SSSR count). The van der Waals surface area contributed by atoms with Crippen molar-refractivity contribution in [1.29, 1.82) is 0 Å². The van der Waals surface area contributed by atoms with Crippen LogP contribution in [-0.4, -0.2) is 14.0 Å². The highest BCUT2D eigenvalue weighted by Crippen LogP contribution is 1.97. The standard InChI is InChI=1S/C7H7Cl2Si/c8-7(9)10-6-4-2-1-3-5-6/h2-5,7H,10H2. The average molecular weight is 190 g/mol. The van der Waals surface area contributed by atoms with Gasteiger partial charge in [0.2, 0.25) is 0 Å². The van der Waals surface area contributed by atoms with Crippen molar-refractivity contribution in [3.05, 3.63) is 30.3 Å². The minimum Gasteiger partial charge on any atom is -0.110 e. The van der Waals surface area contributed by atoms with Gasteiger partial charge in [0.25, 0.3) is 0 Å². The summed E-state index contributed by atoms with van der Waals surface area (Å²) >= 11 is 11.3. The third kappa shape index (κ3) is 2.73. The Morgan fingerprint density at radius 1 is 1.30 bits per heavy atom. The van der Waals surface area contributed by atoms with Crippen LogP contribution in [0.3, 0.4) is 0 Å². The second-order valence-corrected chi connectivity index (χ2v) is 6.36. The molecule has 0 saturated carbocycles. The van der Waals surface area contributed by atoms with Gasteiger partial charge in [-0.25, -0.2) is 0 Å². The minimum atomic E-state index is -0.466. The van der Waals surface area contributed by atoms with E-state index >= 15 is 0 Å². The van der Waals surface area contributed by atoms with Gasteiger partial charge in [-0.2, -0.15) is 0 Å². The summed E-state index contributed by atoms with van der Waals surface area (Å²) in [6.45, 7) is 0. The summed E-state index contributed by atoms with van der Waals surface area (Å²) < 4.78 is -0.164. The number of hydrogen-bond donors (Lipinski definition) is 0. The van der Waals surface area contributed by atoms with E-state index in [2.05, 4.69) is 6.07 Å². The lowest BCUT2D eigenvalue weighted by atomic mass is 10.4. The lowest BCUT2D eigenvalue weighted by Gasteiger charge is -1.97. The summed E-state index contributed by atoms with van der Waals surface area (Å²) in [5.74, 6) is 0. The van der Waals surface area contributed by atoms with Gasteiger partial charge in [0, 0.05) is 0 Å². The van der Waals surface area contributed by atoms with Crippen LogP contribution in [0.1, 0.15) is 0 Å². The van der Waals surface area contributed by atoms with Gasteiger partial charge in [-0.1, -0.05) is 29.5 Å². The first kappa shape index (κ1) is 8.12. The third-order valence-corrected chi connectivity index (χ3v) is 3.35. The summed E-state index contributed by atoms with van der Waals surface area (Å²) in [6.07, 6.45) is 0. The van der Waals surface area contributed by atoms with Gasteiger partial charge in [0.05, 0.1) is 14.0 Å². The van der Waals surface area contributed by atoms with Crippen molar-refractivity contribution in [3.8, 4) is 0 Å². The molecule has 1 radical (unpaired) electrons. The third-order valence-electron chi connectivity index (χ3n) is 1.18. The zero-order valence-electron chi connectivity index (χ0n) is 5.35. The highest BCUT2D eigenvalue weighted by atomic mass is 35.5. The molecular formula is C7H7Cl2Si. The van der Waals surface area contributed by atoms with Crippen molar-refractivity contribution in [2.75, 3.05) is 0 Å². The second-order valence-electron chi connectivity index (χ2n) is 2.00. The van der Waals surface area contributed by atoms with Gasteiger partial charge in [0.15, 0.2) is 0 Å². The maximum atomic E-state index is 5.63. The van der Waals surface area contributed by atoms with E-state index in [0.29, 0.717) is 0 Å². The van der Waals surface area contributed by atoms with Crippen molar-refractivity contribution in [2.45, 2.75) is 4.46 Å². The molecule has 0 heterocycles. The quantitative estimate of drug-likeness (QED) is 0.483. The number of benzene rings is 1. The Balaban J connectivity index is 2.59. The molecule has 0 aliphatic heterocycles. The van der Waals surface area contributed by atoms with Crippen molar-refractivity contribution in [1.82, 2.24) is 0 Å². The Labute approximate surface area is 73.0 Å². The number of halogens is 2. The summed E-state index contributed by atoms with van der Waals surface area (Å²) in [7, 11) is -0.466. The van der Waals surface area contributed by atoms with Crippen molar-refractivity contribution in [3.63, 3.8) is 0 Å². The molecule has 0 spiro atoms. The van der Waals surface area contributed by atoms with Crippen LogP contribution in [0.15, 0.2) is 24.3 Å². The average Bonchev–Trinajstić information content (AvgIpc) is 1.88. The van der Waals surface area contributed by atoms with E-state index in [1.165, 1.54) is 5.19 Å². The highest BCUT2D eigenvalue weighted by Gasteiger charge is 1.99. The van der Waals surface area contributed by atoms with E-state index < -0.39 is 9.52 Å². The Hall–Kier alpha value is 0.0169. The van der Waals surface area contributed by atoms with Crippen molar-refractivity contribution in [2.24, 2.45) is 0 Å². The smallest absolute Gasteiger partial charge is 0.0957 e. The Morgan fingerprint density at radius 2 is 1.90 bits per heavy atom. The molecule has 3 heteroatoms. The molecule has 0 fully saturated rings. The molecule has 10 heavy (non-hydrogen) atoms. The van der Waals surface area contributed by atoms with Gasteiger partial charge in [0.1, 0.15) is 0 Å². The summed E-state index contributed by atoms with van der Waals surface area (Å²) in [4.78, 5) is 0. The first-order valence-corrected chi connectivity index (χ1v) is 5.42. The number of alkyl halides is 2. The summed E-state index contributed by atoms with van der Waals surface area (Å²) in [6, 6.07) is 10.8. The fourth-order valence-corrected chi connectivity index (χ4v) is 2.67. The van der Waals surface area contributed by atoms with Crippen LogP contribution < -0.4 is 5.19 Å². The van der Waals surface area contributed by atoms with Crippen molar-refractivity contribution < 1.29 is 0 Å². The van der Waals surface area contributed by atoms with E-state index in [1.54, 1.807) is 0 Å². The first-order chi connectivity index (χ1) is 4.79. The van der Waals surface area contributed by atoms with Gasteiger partial charge >= 0.3 is 0 Å². The zero-order valence-corrected chi connectivity index (χ0v) is 8.28. The van der Waals surface area contributed by atoms with E-state index in [9.17, 15) is 0 Å². The van der Waals surface area contributed by atoms with Crippen LogP contribution >= 0.6 is 23.2 Å². The molecule has 0 atom stereocenters. The molecule has 1 aromatic carbocycles. The molecule has 0 nitrogen and oxygen atoms in total. The van der Waals surface area contributed by atoms with Gasteiger partial charge in [-0.05, 0) is 6.07 Å². The zero-order chi connectivity index (χ0) is 7.40. The number of hydrogen-bond acceptors (Lipinski definition) is 0. The maximum absolute atomic E-state index is 5.63. The van der Waals surface area contributed by atoms with Crippen LogP contribution in [0.25, 0.3) is 0 Å². The molecule has 53 valence electrons. The molecule has 0 saturated heterocycles. The largest absolute Gasteiger partial charge is 0.110 e. The first-order valence-electron chi connectivity index (χ1n) is 3.02.